The van der Waals surface area contributed by atoms with E-state index < -0.39 is 5.97 Å². The summed E-state index contributed by atoms with van der Waals surface area (Å²) in [7, 11) is 0. The van der Waals surface area contributed by atoms with Gasteiger partial charge in [-0.15, -0.1) is 0 Å². The lowest BCUT2D eigenvalue weighted by atomic mass is 9.41. The van der Waals surface area contributed by atoms with Crippen LogP contribution in [-0.2, 0) is 9.59 Å². The highest BCUT2D eigenvalue weighted by Gasteiger charge is 2.65. The van der Waals surface area contributed by atoms with Gasteiger partial charge in [-0.25, -0.2) is 0 Å². The minimum atomic E-state index is -0.568. The van der Waals surface area contributed by atoms with Crippen LogP contribution in [0.5, 0.6) is 0 Å². The number of carbonyl (C=O) groups is 2. The van der Waals surface area contributed by atoms with E-state index in [-0.39, 0.29) is 22.2 Å². The zero-order valence-corrected chi connectivity index (χ0v) is 14.5. The fourth-order valence-corrected chi connectivity index (χ4v) is 7.92. The van der Waals surface area contributed by atoms with E-state index in [1.54, 1.807) is 0 Å². The smallest absolute Gasteiger partial charge is 0.306 e. The first-order chi connectivity index (χ1) is 10.8. The summed E-state index contributed by atoms with van der Waals surface area (Å²) in [5.74, 6) is 0.860. The number of hydrogen-bond acceptors (Lipinski definition) is 2. The van der Waals surface area contributed by atoms with Crippen LogP contribution in [0.25, 0.3) is 0 Å². The van der Waals surface area contributed by atoms with Crippen molar-refractivity contribution in [3.63, 3.8) is 0 Å². The molecule has 4 aliphatic rings. The predicted octanol–water partition coefficient (Wildman–Crippen LogP) is 4.30. The highest BCUT2D eigenvalue weighted by atomic mass is 16.4. The monoisotopic (exact) mass is 318 g/mol. The van der Waals surface area contributed by atoms with E-state index >= 15 is 0 Å². The molecule has 2 bridgehead atoms. The van der Waals surface area contributed by atoms with Crippen LogP contribution < -0.4 is 0 Å². The maximum absolute atomic E-state index is 11.9. The van der Waals surface area contributed by atoms with Gasteiger partial charge in [-0.05, 0) is 80.0 Å². The van der Waals surface area contributed by atoms with Gasteiger partial charge in [0.2, 0.25) is 0 Å². The predicted molar refractivity (Wildman–Crippen MR) is 87.9 cm³/mol. The first-order valence-corrected chi connectivity index (χ1v) is 9.54. The Morgan fingerprint density at radius 1 is 1.04 bits per heavy atom. The highest BCUT2D eigenvalue weighted by molar-refractivity contribution is 5.71. The molecule has 0 radical (unpaired) electrons. The SMILES string of the molecule is C[C@@]12CCC[C@](C)(C=O)[C@H]1CC[C@@]13C[C@@H](CC[C@H]12)[C@H](C(=O)O)C3. The molecule has 0 aliphatic heterocycles. The molecule has 4 aliphatic carbocycles. The molecule has 23 heavy (non-hydrogen) atoms. The van der Waals surface area contributed by atoms with Crippen molar-refractivity contribution in [2.45, 2.75) is 71.6 Å². The molecule has 0 saturated heterocycles. The lowest BCUT2D eigenvalue weighted by molar-refractivity contribution is -0.157. The van der Waals surface area contributed by atoms with Gasteiger partial charge in [0.1, 0.15) is 6.29 Å². The second-order valence-corrected chi connectivity index (χ2v) is 9.68. The lowest BCUT2D eigenvalue weighted by Crippen LogP contribution is -2.56. The number of carbonyl (C=O) groups excluding carboxylic acids is 1. The van der Waals surface area contributed by atoms with Crippen molar-refractivity contribution in [1.29, 1.82) is 0 Å². The van der Waals surface area contributed by atoms with Crippen LogP contribution in [0, 0.1) is 39.9 Å². The van der Waals surface area contributed by atoms with Gasteiger partial charge in [-0.3, -0.25) is 4.79 Å². The second-order valence-electron chi connectivity index (χ2n) is 9.68. The molecule has 0 aromatic carbocycles. The van der Waals surface area contributed by atoms with Crippen molar-refractivity contribution >= 4 is 12.3 Å². The average molecular weight is 318 g/mol. The van der Waals surface area contributed by atoms with Crippen molar-refractivity contribution < 1.29 is 14.7 Å². The average Bonchev–Trinajstić information content (AvgIpc) is 2.78. The molecule has 3 nitrogen and oxygen atoms in total. The third-order valence-electron chi connectivity index (χ3n) is 8.77. The van der Waals surface area contributed by atoms with Crippen molar-refractivity contribution in [1.82, 2.24) is 0 Å². The Labute approximate surface area is 139 Å². The van der Waals surface area contributed by atoms with E-state index in [0.717, 1.165) is 44.9 Å². The van der Waals surface area contributed by atoms with Crippen molar-refractivity contribution in [3.05, 3.63) is 0 Å². The van der Waals surface area contributed by atoms with Crippen molar-refractivity contribution in [2.75, 3.05) is 0 Å². The van der Waals surface area contributed by atoms with Crippen LogP contribution >= 0.6 is 0 Å². The molecular weight excluding hydrogens is 288 g/mol. The maximum Gasteiger partial charge on any atom is 0.306 e. The van der Waals surface area contributed by atoms with E-state index in [1.165, 1.54) is 19.1 Å². The van der Waals surface area contributed by atoms with Gasteiger partial charge in [-0.2, -0.15) is 0 Å². The Bertz CT molecular complexity index is 543. The van der Waals surface area contributed by atoms with Gasteiger partial charge in [0, 0.05) is 5.41 Å². The van der Waals surface area contributed by atoms with E-state index in [0.29, 0.717) is 17.8 Å². The summed E-state index contributed by atoms with van der Waals surface area (Å²) in [4.78, 5) is 23.5. The molecule has 7 atom stereocenters. The topological polar surface area (TPSA) is 54.4 Å². The summed E-state index contributed by atoms with van der Waals surface area (Å²) >= 11 is 0. The number of aliphatic carboxylic acids is 1. The van der Waals surface area contributed by atoms with Crippen LogP contribution in [0.3, 0.4) is 0 Å². The Balaban J connectivity index is 1.71. The quantitative estimate of drug-likeness (QED) is 0.772. The van der Waals surface area contributed by atoms with Gasteiger partial charge >= 0.3 is 5.97 Å². The third-order valence-corrected chi connectivity index (χ3v) is 8.77. The number of fused-ring (bicyclic) bond motifs is 3. The molecule has 4 rings (SSSR count). The molecule has 3 heteroatoms. The number of aldehydes is 1. The van der Waals surface area contributed by atoms with Crippen LogP contribution in [0.4, 0.5) is 0 Å². The summed E-state index contributed by atoms with van der Waals surface area (Å²) in [6.07, 6.45) is 11.3. The van der Waals surface area contributed by atoms with E-state index in [9.17, 15) is 14.7 Å². The molecule has 1 spiro atoms. The first kappa shape index (κ1) is 15.7. The Morgan fingerprint density at radius 3 is 2.52 bits per heavy atom. The van der Waals surface area contributed by atoms with Gasteiger partial charge in [-0.1, -0.05) is 20.3 Å². The normalized spacial score (nSPS) is 54.9. The molecule has 4 fully saturated rings. The highest BCUT2D eigenvalue weighted by Crippen LogP contribution is 2.72. The van der Waals surface area contributed by atoms with Crippen LogP contribution in [0.1, 0.15) is 71.6 Å². The molecule has 0 heterocycles. The van der Waals surface area contributed by atoms with Gasteiger partial charge in [0.25, 0.3) is 0 Å². The number of carboxylic acids is 1. The first-order valence-electron chi connectivity index (χ1n) is 9.54. The molecule has 0 aromatic rings. The fraction of sp³-hybridized carbons (Fsp3) is 0.900. The summed E-state index contributed by atoms with van der Waals surface area (Å²) < 4.78 is 0. The molecule has 0 amide bonds. The van der Waals surface area contributed by atoms with Gasteiger partial charge in [0.15, 0.2) is 0 Å². The minimum Gasteiger partial charge on any atom is -0.481 e. The fourth-order valence-electron chi connectivity index (χ4n) is 7.92. The maximum atomic E-state index is 11.9. The van der Waals surface area contributed by atoms with Crippen LogP contribution in [0.15, 0.2) is 0 Å². The van der Waals surface area contributed by atoms with Crippen molar-refractivity contribution in [3.8, 4) is 0 Å². The molecule has 1 N–H and O–H groups in total. The van der Waals surface area contributed by atoms with Crippen molar-refractivity contribution in [2.24, 2.45) is 39.9 Å². The second kappa shape index (κ2) is 4.83. The summed E-state index contributed by atoms with van der Waals surface area (Å²) in [6.45, 7) is 4.62. The zero-order chi connectivity index (χ0) is 16.5. The van der Waals surface area contributed by atoms with Crippen LogP contribution in [0.2, 0.25) is 0 Å². The standard InChI is InChI=1S/C20H30O3/c1-18(12-21)7-3-8-19(2)15(18)6-9-20-10-13(4-5-16(19)20)14(11-20)17(22)23/h12-16H,3-11H2,1-2H3,(H,22,23)/t13-,14-,15-,16+,18-,19-,20+/m1/s1. The van der Waals surface area contributed by atoms with Crippen LogP contribution in [-0.4, -0.2) is 17.4 Å². The summed E-state index contributed by atoms with van der Waals surface area (Å²) in [5.41, 5.74) is 0.346. The van der Waals surface area contributed by atoms with E-state index in [2.05, 4.69) is 13.8 Å². The Morgan fingerprint density at radius 2 is 1.83 bits per heavy atom. The molecule has 0 unspecified atom stereocenters. The molecular formula is C20H30O3. The third kappa shape index (κ3) is 1.94. The minimum absolute atomic E-state index is 0.110. The summed E-state index contributed by atoms with van der Waals surface area (Å²) in [6, 6.07) is 0. The Kier molecular flexibility index (Phi) is 3.29. The number of hydrogen-bond donors (Lipinski definition) is 1. The largest absolute Gasteiger partial charge is 0.481 e. The van der Waals surface area contributed by atoms with E-state index in [4.69, 9.17) is 0 Å². The number of carboxylic acid groups (broad SMARTS) is 1. The molecule has 128 valence electrons. The lowest BCUT2D eigenvalue weighted by Gasteiger charge is -2.63. The number of rotatable bonds is 2. The van der Waals surface area contributed by atoms with E-state index in [1.807, 2.05) is 0 Å². The Hall–Kier alpha value is -0.860. The molecule has 0 aromatic heterocycles. The summed E-state index contributed by atoms with van der Waals surface area (Å²) in [5, 5.41) is 9.62. The zero-order valence-electron chi connectivity index (χ0n) is 14.5. The van der Waals surface area contributed by atoms with Gasteiger partial charge in [0.05, 0.1) is 5.92 Å². The molecule has 4 saturated carbocycles. The van der Waals surface area contributed by atoms with Gasteiger partial charge < -0.3 is 9.90 Å².